The van der Waals surface area contributed by atoms with E-state index in [1.807, 2.05) is 6.07 Å². The standard InChI is InChI=1S/C17H22N4O2/c1-10(18)16(23)20-14-11-5-4-7-19-15(11)21-8-6-17(2,3)13(21)9-12(14)22/h4-5,7,9-10,14H,6,8,18H2,1-3H3,(H,20,23)/t10-,14?/m0/s1. The number of amides is 1. The zero-order chi connectivity index (χ0) is 16.8. The predicted octanol–water partition coefficient (Wildman–Crippen LogP) is 1.29. The average Bonchev–Trinajstić information content (AvgIpc) is 2.72. The fourth-order valence-corrected chi connectivity index (χ4v) is 3.15. The van der Waals surface area contributed by atoms with Gasteiger partial charge in [-0.3, -0.25) is 9.59 Å². The van der Waals surface area contributed by atoms with Crippen LogP contribution in [-0.4, -0.2) is 29.3 Å². The summed E-state index contributed by atoms with van der Waals surface area (Å²) in [6.07, 6.45) is 4.32. The third kappa shape index (κ3) is 2.63. The Morgan fingerprint density at radius 2 is 2.26 bits per heavy atom. The summed E-state index contributed by atoms with van der Waals surface area (Å²) in [6, 6.07) is 2.21. The van der Waals surface area contributed by atoms with E-state index in [2.05, 4.69) is 29.0 Å². The van der Waals surface area contributed by atoms with Gasteiger partial charge in [0, 0.05) is 35.5 Å². The van der Waals surface area contributed by atoms with Crippen LogP contribution in [0.4, 0.5) is 5.82 Å². The third-order valence-corrected chi connectivity index (χ3v) is 4.59. The lowest BCUT2D eigenvalue weighted by Gasteiger charge is -2.25. The molecule has 1 amide bonds. The highest BCUT2D eigenvalue weighted by atomic mass is 16.2. The van der Waals surface area contributed by atoms with Crippen molar-refractivity contribution in [2.45, 2.75) is 39.3 Å². The molecule has 0 aliphatic carbocycles. The molecule has 1 fully saturated rings. The van der Waals surface area contributed by atoms with Gasteiger partial charge in [0.25, 0.3) is 0 Å². The zero-order valence-electron chi connectivity index (χ0n) is 13.7. The van der Waals surface area contributed by atoms with E-state index in [0.717, 1.165) is 30.0 Å². The molecule has 0 bridgehead atoms. The Morgan fingerprint density at radius 1 is 1.52 bits per heavy atom. The fraction of sp³-hybridized carbons (Fsp3) is 0.471. The van der Waals surface area contributed by atoms with Gasteiger partial charge in [-0.2, -0.15) is 0 Å². The lowest BCUT2D eigenvalue weighted by atomic mass is 9.88. The van der Waals surface area contributed by atoms with Gasteiger partial charge >= 0.3 is 0 Å². The van der Waals surface area contributed by atoms with Gasteiger partial charge in [-0.15, -0.1) is 0 Å². The number of hydrogen-bond acceptors (Lipinski definition) is 5. The maximum absolute atomic E-state index is 12.8. The quantitative estimate of drug-likeness (QED) is 0.859. The van der Waals surface area contributed by atoms with Crippen molar-refractivity contribution in [1.82, 2.24) is 10.3 Å². The molecule has 6 heteroatoms. The molecule has 2 atom stereocenters. The number of nitrogens with zero attached hydrogens (tertiary/aromatic N) is 2. The molecule has 0 radical (unpaired) electrons. The van der Waals surface area contributed by atoms with Crippen LogP contribution in [0.25, 0.3) is 0 Å². The number of anilines is 1. The molecule has 2 aliphatic rings. The third-order valence-electron chi connectivity index (χ3n) is 4.59. The Hall–Kier alpha value is -2.21. The Balaban J connectivity index is 2.09. The molecule has 0 aromatic carbocycles. The van der Waals surface area contributed by atoms with Gasteiger partial charge < -0.3 is 16.0 Å². The largest absolute Gasteiger partial charge is 0.340 e. The van der Waals surface area contributed by atoms with Crippen LogP contribution < -0.4 is 16.0 Å². The van der Waals surface area contributed by atoms with Crippen molar-refractivity contribution in [3.8, 4) is 0 Å². The summed E-state index contributed by atoms with van der Waals surface area (Å²) in [6.45, 7) is 6.65. The molecule has 3 rings (SSSR count). The molecule has 3 N–H and O–H groups in total. The highest BCUT2D eigenvalue weighted by Crippen LogP contribution is 2.45. The Kier molecular flexibility index (Phi) is 3.72. The minimum atomic E-state index is -0.744. The zero-order valence-corrected chi connectivity index (χ0v) is 13.7. The molecule has 1 unspecified atom stereocenters. The van der Waals surface area contributed by atoms with E-state index in [0.29, 0.717) is 0 Å². The summed E-state index contributed by atoms with van der Waals surface area (Å²) in [5.74, 6) is 0.253. The number of fused-ring (bicyclic) bond motifs is 3. The van der Waals surface area contributed by atoms with E-state index in [-0.39, 0.29) is 17.1 Å². The topological polar surface area (TPSA) is 88.3 Å². The molecular formula is C17H22N4O2. The summed E-state index contributed by atoms with van der Waals surface area (Å²) in [5.41, 5.74) is 7.21. The minimum absolute atomic E-state index is 0.0927. The number of carbonyl (C=O) groups is 2. The van der Waals surface area contributed by atoms with Crippen LogP contribution >= 0.6 is 0 Å². The highest BCUT2D eigenvalue weighted by Gasteiger charge is 2.41. The van der Waals surface area contributed by atoms with Crippen molar-refractivity contribution >= 4 is 17.5 Å². The first kappa shape index (κ1) is 15.7. The second kappa shape index (κ2) is 5.45. The van der Waals surface area contributed by atoms with Crippen molar-refractivity contribution in [3.05, 3.63) is 35.7 Å². The summed E-state index contributed by atoms with van der Waals surface area (Å²) in [4.78, 5) is 31.4. The Morgan fingerprint density at radius 3 is 2.96 bits per heavy atom. The Labute approximate surface area is 135 Å². The second-order valence-corrected chi connectivity index (χ2v) is 6.86. The van der Waals surface area contributed by atoms with Gasteiger partial charge in [-0.25, -0.2) is 4.98 Å². The summed E-state index contributed by atoms with van der Waals surface area (Å²) < 4.78 is 0. The number of aromatic nitrogens is 1. The van der Waals surface area contributed by atoms with E-state index < -0.39 is 12.1 Å². The van der Waals surface area contributed by atoms with Crippen LogP contribution in [0, 0.1) is 5.41 Å². The summed E-state index contributed by atoms with van der Waals surface area (Å²) in [5, 5.41) is 2.76. The molecule has 3 heterocycles. The van der Waals surface area contributed by atoms with E-state index in [1.54, 1.807) is 25.3 Å². The van der Waals surface area contributed by atoms with Crippen LogP contribution in [0.2, 0.25) is 0 Å². The predicted molar refractivity (Wildman–Crippen MR) is 87.6 cm³/mol. The maximum atomic E-state index is 12.8. The first-order valence-corrected chi connectivity index (χ1v) is 7.86. The molecule has 6 nitrogen and oxygen atoms in total. The van der Waals surface area contributed by atoms with Crippen LogP contribution in [0.15, 0.2) is 30.1 Å². The summed E-state index contributed by atoms with van der Waals surface area (Å²) >= 11 is 0. The molecule has 2 aliphatic heterocycles. The number of ketones is 1. The smallest absolute Gasteiger partial charge is 0.237 e. The number of rotatable bonds is 2. The fourth-order valence-electron chi connectivity index (χ4n) is 3.15. The molecule has 1 aromatic heterocycles. The van der Waals surface area contributed by atoms with E-state index >= 15 is 0 Å². The Bertz CT molecular complexity index is 694. The van der Waals surface area contributed by atoms with Gasteiger partial charge in [0.1, 0.15) is 11.9 Å². The average molecular weight is 314 g/mol. The number of nitrogens with two attached hydrogens (primary N) is 1. The van der Waals surface area contributed by atoms with Gasteiger partial charge in [-0.05, 0) is 19.4 Å². The highest BCUT2D eigenvalue weighted by molar-refractivity contribution is 6.01. The number of carbonyl (C=O) groups excluding carboxylic acids is 2. The van der Waals surface area contributed by atoms with Gasteiger partial charge in [0.05, 0.1) is 6.04 Å². The number of hydrogen-bond donors (Lipinski definition) is 2. The molecule has 23 heavy (non-hydrogen) atoms. The van der Waals surface area contributed by atoms with Crippen LogP contribution in [0.1, 0.15) is 38.8 Å². The number of pyridine rings is 1. The monoisotopic (exact) mass is 314 g/mol. The van der Waals surface area contributed by atoms with Crippen LogP contribution in [0.5, 0.6) is 0 Å². The molecule has 0 spiro atoms. The molecule has 1 aromatic rings. The van der Waals surface area contributed by atoms with Crippen molar-refractivity contribution in [2.75, 3.05) is 11.4 Å². The van der Waals surface area contributed by atoms with Crippen molar-refractivity contribution in [2.24, 2.45) is 11.1 Å². The molecule has 122 valence electrons. The van der Waals surface area contributed by atoms with Crippen molar-refractivity contribution in [1.29, 1.82) is 0 Å². The van der Waals surface area contributed by atoms with E-state index in [4.69, 9.17) is 5.73 Å². The minimum Gasteiger partial charge on any atom is -0.340 e. The summed E-state index contributed by atoms with van der Waals surface area (Å²) in [7, 11) is 0. The van der Waals surface area contributed by atoms with Crippen LogP contribution in [-0.2, 0) is 9.59 Å². The lowest BCUT2D eigenvalue weighted by molar-refractivity contribution is -0.126. The van der Waals surface area contributed by atoms with Gasteiger partial charge in [0.2, 0.25) is 5.91 Å². The lowest BCUT2D eigenvalue weighted by Crippen LogP contribution is -2.42. The first-order chi connectivity index (χ1) is 10.8. The second-order valence-electron chi connectivity index (χ2n) is 6.86. The normalized spacial score (nSPS) is 23.5. The molecular weight excluding hydrogens is 292 g/mol. The molecule has 0 saturated carbocycles. The van der Waals surface area contributed by atoms with Gasteiger partial charge in [0.15, 0.2) is 5.78 Å². The number of allylic oxidation sites excluding steroid dienone is 1. The van der Waals surface area contributed by atoms with E-state index in [1.165, 1.54) is 0 Å². The van der Waals surface area contributed by atoms with Crippen LogP contribution in [0.3, 0.4) is 0 Å². The maximum Gasteiger partial charge on any atom is 0.237 e. The molecule has 1 saturated heterocycles. The van der Waals surface area contributed by atoms with Crippen molar-refractivity contribution in [3.63, 3.8) is 0 Å². The van der Waals surface area contributed by atoms with Gasteiger partial charge in [-0.1, -0.05) is 19.9 Å². The first-order valence-electron chi connectivity index (χ1n) is 7.86. The SMILES string of the molecule is C[C@H](N)C(=O)NC1C(=O)C=C2N(CCC2(C)C)c2ncccc21. The van der Waals surface area contributed by atoms with Crippen molar-refractivity contribution < 1.29 is 9.59 Å². The van der Waals surface area contributed by atoms with E-state index in [9.17, 15) is 9.59 Å². The number of nitrogens with one attached hydrogen (secondary N) is 1.